The Morgan fingerprint density at radius 2 is 2.00 bits per heavy atom. The van der Waals surface area contributed by atoms with Crippen LogP contribution >= 0.6 is 0 Å². The highest BCUT2D eigenvalue weighted by molar-refractivity contribution is 5.89. The van der Waals surface area contributed by atoms with Gasteiger partial charge in [0.05, 0.1) is 18.2 Å². The maximum atomic E-state index is 11.2. The van der Waals surface area contributed by atoms with E-state index in [1.807, 2.05) is 12.1 Å². The van der Waals surface area contributed by atoms with Crippen molar-refractivity contribution in [3.63, 3.8) is 0 Å². The quantitative estimate of drug-likeness (QED) is 0.680. The second kappa shape index (κ2) is 3.64. The fraction of sp³-hybridized carbons (Fsp3) is 0.364. The first-order valence-electron chi connectivity index (χ1n) is 4.84. The van der Waals surface area contributed by atoms with Gasteiger partial charge >= 0.3 is 5.97 Å². The van der Waals surface area contributed by atoms with E-state index in [-0.39, 0.29) is 11.5 Å². The third-order valence-corrected chi connectivity index (χ3v) is 2.76. The summed E-state index contributed by atoms with van der Waals surface area (Å²) in [5, 5.41) is 3.13. The Morgan fingerprint density at radius 1 is 1.40 bits per heavy atom. The lowest BCUT2D eigenvalue weighted by atomic mass is 9.85. The molecule has 80 valence electrons. The van der Waals surface area contributed by atoms with Crippen LogP contribution in [0.25, 0.3) is 0 Å². The maximum absolute atomic E-state index is 11.2. The van der Waals surface area contributed by atoms with Gasteiger partial charge in [0.1, 0.15) is 0 Å². The summed E-state index contributed by atoms with van der Waals surface area (Å²) in [6.45, 7) is 1.56. The fourth-order valence-electron chi connectivity index (χ4n) is 1.65. The van der Waals surface area contributed by atoms with Gasteiger partial charge in [0.2, 0.25) is 0 Å². The Hall–Kier alpha value is -1.39. The summed E-state index contributed by atoms with van der Waals surface area (Å²) in [5.74, 6) is -0.320. The molecule has 0 aliphatic carbocycles. The first kappa shape index (κ1) is 10.1. The van der Waals surface area contributed by atoms with Crippen LogP contribution in [0, 0.1) is 0 Å². The second-order valence-corrected chi connectivity index (χ2v) is 3.83. The number of methoxy groups -OCH3 is 1. The van der Waals surface area contributed by atoms with Crippen LogP contribution in [0.2, 0.25) is 0 Å². The van der Waals surface area contributed by atoms with Crippen molar-refractivity contribution in [1.82, 2.24) is 5.32 Å². The summed E-state index contributed by atoms with van der Waals surface area (Å²) >= 11 is 0. The first-order chi connectivity index (χ1) is 7.15. The van der Waals surface area contributed by atoms with E-state index >= 15 is 0 Å². The zero-order valence-electron chi connectivity index (χ0n) is 8.62. The smallest absolute Gasteiger partial charge is 0.337 e. The van der Waals surface area contributed by atoms with Gasteiger partial charge in [-0.1, -0.05) is 12.1 Å². The number of carbonyl (C=O) groups is 1. The van der Waals surface area contributed by atoms with Crippen molar-refractivity contribution in [3.8, 4) is 0 Å². The molecule has 1 aliphatic rings. The molecule has 0 unspecified atom stereocenters. The molecule has 4 nitrogen and oxygen atoms in total. The molecule has 0 spiro atoms. The van der Waals surface area contributed by atoms with Crippen LogP contribution in [-0.2, 0) is 10.3 Å². The van der Waals surface area contributed by atoms with Gasteiger partial charge in [0.25, 0.3) is 0 Å². The van der Waals surface area contributed by atoms with Gasteiger partial charge in [-0.3, -0.25) is 0 Å². The molecular weight excluding hydrogens is 192 g/mol. The van der Waals surface area contributed by atoms with Crippen LogP contribution in [-0.4, -0.2) is 26.2 Å². The van der Waals surface area contributed by atoms with E-state index in [2.05, 4.69) is 10.1 Å². The van der Waals surface area contributed by atoms with Crippen LogP contribution in [0.4, 0.5) is 0 Å². The van der Waals surface area contributed by atoms with Gasteiger partial charge in [-0.15, -0.1) is 0 Å². The number of nitrogens with two attached hydrogens (primary N) is 1. The fourth-order valence-corrected chi connectivity index (χ4v) is 1.65. The monoisotopic (exact) mass is 206 g/mol. The molecule has 0 saturated carbocycles. The molecule has 1 aromatic carbocycles. The molecular formula is C11H14N2O2. The molecule has 0 amide bonds. The van der Waals surface area contributed by atoms with Crippen molar-refractivity contribution in [2.24, 2.45) is 5.73 Å². The molecule has 4 heteroatoms. The molecule has 1 aliphatic heterocycles. The number of rotatable bonds is 2. The van der Waals surface area contributed by atoms with E-state index in [0.29, 0.717) is 5.56 Å². The number of hydrogen-bond donors (Lipinski definition) is 2. The van der Waals surface area contributed by atoms with E-state index in [1.54, 1.807) is 12.1 Å². The highest BCUT2D eigenvalue weighted by Crippen LogP contribution is 2.22. The number of esters is 1. The standard InChI is InChI=1S/C11H14N2O2/c1-15-10(14)8-2-4-9(5-3-8)11(12)6-13-7-11/h2-5,13H,6-7,12H2,1H3. The first-order valence-corrected chi connectivity index (χ1v) is 4.84. The zero-order valence-corrected chi connectivity index (χ0v) is 8.62. The summed E-state index contributed by atoms with van der Waals surface area (Å²) in [4.78, 5) is 11.2. The highest BCUT2D eigenvalue weighted by atomic mass is 16.5. The summed E-state index contributed by atoms with van der Waals surface area (Å²) in [7, 11) is 1.37. The summed E-state index contributed by atoms with van der Waals surface area (Å²) < 4.78 is 4.62. The van der Waals surface area contributed by atoms with Crippen molar-refractivity contribution < 1.29 is 9.53 Å². The van der Waals surface area contributed by atoms with Crippen LogP contribution in [0.3, 0.4) is 0 Å². The number of carbonyl (C=O) groups excluding carboxylic acids is 1. The molecule has 0 aromatic heterocycles. The predicted molar refractivity (Wildman–Crippen MR) is 56.5 cm³/mol. The molecule has 0 bridgehead atoms. The van der Waals surface area contributed by atoms with Crippen LogP contribution in [0.5, 0.6) is 0 Å². The Bertz CT molecular complexity index is 369. The van der Waals surface area contributed by atoms with Crippen molar-refractivity contribution in [1.29, 1.82) is 0 Å². The minimum absolute atomic E-state index is 0.269. The van der Waals surface area contributed by atoms with Crippen molar-refractivity contribution in [3.05, 3.63) is 35.4 Å². The highest BCUT2D eigenvalue weighted by Gasteiger charge is 2.33. The minimum Gasteiger partial charge on any atom is -0.465 e. The number of benzene rings is 1. The third kappa shape index (κ3) is 1.73. The number of ether oxygens (including phenoxy) is 1. The van der Waals surface area contributed by atoms with Crippen molar-refractivity contribution in [2.45, 2.75) is 5.54 Å². The molecule has 0 atom stereocenters. The Kier molecular flexibility index (Phi) is 2.46. The molecule has 1 fully saturated rings. The molecule has 1 aromatic rings. The van der Waals surface area contributed by atoms with E-state index in [4.69, 9.17) is 5.73 Å². The molecule has 1 heterocycles. The lowest BCUT2D eigenvalue weighted by molar-refractivity contribution is 0.0600. The van der Waals surface area contributed by atoms with Gasteiger partial charge in [-0.05, 0) is 17.7 Å². The predicted octanol–water partition coefficient (Wildman–Crippen LogP) is 0.230. The summed E-state index contributed by atoms with van der Waals surface area (Å²) in [5.41, 5.74) is 7.44. The molecule has 1 saturated heterocycles. The SMILES string of the molecule is COC(=O)c1ccc(C2(N)CNC2)cc1. The summed E-state index contributed by atoms with van der Waals surface area (Å²) in [6.07, 6.45) is 0. The zero-order chi connectivity index (χ0) is 10.9. The van der Waals surface area contributed by atoms with E-state index < -0.39 is 0 Å². The average Bonchev–Trinajstić information content (AvgIpc) is 2.25. The lowest BCUT2D eigenvalue weighted by Crippen LogP contribution is -2.62. The molecule has 0 radical (unpaired) electrons. The second-order valence-electron chi connectivity index (χ2n) is 3.83. The lowest BCUT2D eigenvalue weighted by Gasteiger charge is -2.39. The van der Waals surface area contributed by atoms with Gasteiger partial charge < -0.3 is 15.8 Å². The van der Waals surface area contributed by atoms with Gasteiger partial charge in [-0.2, -0.15) is 0 Å². The normalized spacial score (nSPS) is 18.0. The molecule has 2 rings (SSSR count). The Morgan fingerprint density at radius 3 is 2.40 bits per heavy atom. The van der Waals surface area contributed by atoms with Gasteiger partial charge in [0.15, 0.2) is 0 Å². The van der Waals surface area contributed by atoms with E-state index in [9.17, 15) is 4.79 Å². The average molecular weight is 206 g/mol. The third-order valence-electron chi connectivity index (χ3n) is 2.76. The minimum atomic E-state index is -0.320. The van der Waals surface area contributed by atoms with Crippen molar-refractivity contribution >= 4 is 5.97 Å². The maximum Gasteiger partial charge on any atom is 0.337 e. The van der Waals surface area contributed by atoms with Gasteiger partial charge in [-0.25, -0.2) is 4.79 Å². The Balaban J connectivity index is 2.20. The summed E-state index contributed by atoms with van der Waals surface area (Å²) in [6, 6.07) is 7.25. The molecule has 3 N–H and O–H groups in total. The Labute approximate surface area is 88.4 Å². The number of hydrogen-bond acceptors (Lipinski definition) is 4. The van der Waals surface area contributed by atoms with E-state index in [1.165, 1.54) is 7.11 Å². The molecule has 15 heavy (non-hydrogen) atoms. The van der Waals surface area contributed by atoms with Crippen LogP contribution in [0.1, 0.15) is 15.9 Å². The van der Waals surface area contributed by atoms with Crippen molar-refractivity contribution in [2.75, 3.05) is 20.2 Å². The topological polar surface area (TPSA) is 64.3 Å². The van der Waals surface area contributed by atoms with Crippen LogP contribution < -0.4 is 11.1 Å². The number of nitrogens with one attached hydrogen (secondary N) is 1. The van der Waals surface area contributed by atoms with Gasteiger partial charge in [0, 0.05) is 13.1 Å². The largest absolute Gasteiger partial charge is 0.465 e. The van der Waals surface area contributed by atoms with Crippen LogP contribution in [0.15, 0.2) is 24.3 Å². The van der Waals surface area contributed by atoms with E-state index in [0.717, 1.165) is 18.7 Å².